The molecule has 146 valence electrons. The molecule has 0 saturated carbocycles. The number of hydrogen-bond acceptors (Lipinski definition) is 0. The summed E-state index contributed by atoms with van der Waals surface area (Å²) in [5, 5.41) is 2.48. The van der Waals surface area contributed by atoms with Gasteiger partial charge in [-0.15, -0.1) is 0 Å². The lowest BCUT2D eigenvalue weighted by Gasteiger charge is -2.07. The van der Waals surface area contributed by atoms with Gasteiger partial charge in [-0.05, 0) is 39.7 Å². The molecular weight excluding hydrogens is 314 g/mol. The number of allylic oxidation sites excluding steroid dienone is 1. The number of halogens is 1. The van der Waals surface area contributed by atoms with Crippen molar-refractivity contribution in [3.05, 3.63) is 11.6 Å². The molecule has 1 nitrogen and oxygen atoms in total. The molecule has 0 bridgehead atoms. The van der Waals surface area contributed by atoms with E-state index in [1.165, 1.54) is 102 Å². The minimum absolute atomic E-state index is 0. The molecule has 0 spiro atoms. The third-order valence-corrected chi connectivity index (χ3v) is 4.69. The van der Waals surface area contributed by atoms with E-state index < -0.39 is 0 Å². The Morgan fingerprint density at radius 3 is 1.46 bits per heavy atom. The smallest absolute Gasteiger partial charge is 0.102 e. The first-order chi connectivity index (χ1) is 11.2. The lowest BCUT2D eigenvalue weighted by Crippen LogP contribution is -3.00. The van der Waals surface area contributed by atoms with Gasteiger partial charge in [0.25, 0.3) is 0 Å². The maximum atomic E-state index is 2.48. The fraction of sp³-hybridized carbons (Fsp3) is 0.909. The lowest BCUT2D eigenvalue weighted by molar-refractivity contribution is -0.676. The van der Waals surface area contributed by atoms with E-state index in [1.807, 2.05) is 0 Å². The van der Waals surface area contributed by atoms with Crippen molar-refractivity contribution >= 4 is 0 Å². The van der Waals surface area contributed by atoms with E-state index in [-0.39, 0.29) is 12.4 Å². The van der Waals surface area contributed by atoms with Gasteiger partial charge in [0.05, 0.1) is 6.54 Å². The van der Waals surface area contributed by atoms with E-state index in [2.05, 4.69) is 39.1 Å². The Labute approximate surface area is 159 Å². The first-order valence-electron chi connectivity index (χ1n) is 10.6. The maximum absolute atomic E-state index is 2.48. The molecule has 1 unspecified atom stereocenters. The van der Waals surface area contributed by atoms with Crippen LogP contribution in [0, 0.1) is 0 Å². The van der Waals surface area contributed by atoms with Gasteiger partial charge in [0.15, 0.2) is 0 Å². The molecule has 0 radical (unpaired) electrons. The molecule has 0 fully saturated rings. The molecule has 2 heteroatoms. The van der Waals surface area contributed by atoms with Crippen molar-refractivity contribution in [2.24, 2.45) is 0 Å². The van der Waals surface area contributed by atoms with E-state index in [0.29, 0.717) is 6.04 Å². The molecule has 0 aliphatic rings. The average molecular weight is 360 g/mol. The molecule has 0 heterocycles. The number of unbranched alkanes of at least 4 members (excludes halogenated alkanes) is 13. The molecule has 24 heavy (non-hydrogen) atoms. The predicted octanol–water partition coefficient (Wildman–Crippen LogP) is 3.39. The van der Waals surface area contributed by atoms with Gasteiger partial charge in [-0.2, -0.15) is 0 Å². The lowest BCUT2D eigenvalue weighted by atomic mass is 10.0. The molecule has 0 aromatic heterocycles. The van der Waals surface area contributed by atoms with Crippen molar-refractivity contribution < 1.29 is 17.7 Å². The highest BCUT2D eigenvalue weighted by Gasteiger charge is 2.00. The van der Waals surface area contributed by atoms with Crippen LogP contribution < -0.4 is 17.7 Å². The van der Waals surface area contributed by atoms with E-state index >= 15 is 0 Å². The van der Waals surface area contributed by atoms with Gasteiger partial charge in [-0.3, -0.25) is 0 Å². The molecule has 2 N–H and O–H groups in total. The molecule has 0 aromatic carbocycles. The van der Waals surface area contributed by atoms with Crippen LogP contribution in [0.1, 0.15) is 118 Å². The SMILES string of the molecule is CCCCCCCCCCCCCCCC[NH2+]C(C)C=C(C)C.[Cl-]. The first kappa shape index (κ1) is 26.2. The van der Waals surface area contributed by atoms with E-state index in [4.69, 9.17) is 0 Å². The van der Waals surface area contributed by atoms with Crippen molar-refractivity contribution in [3.8, 4) is 0 Å². The van der Waals surface area contributed by atoms with Crippen molar-refractivity contribution in [3.63, 3.8) is 0 Å². The van der Waals surface area contributed by atoms with Crippen molar-refractivity contribution in [1.29, 1.82) is 0 Å². The van der Waals surface area contributed by atoms with Gasteiger partial charge in [0.1, 0.15) is 6.04 Å². The van der Waals surface area contributed by atoms with Crippen LogP contribution in [0.5, 0.6) is 0 Å². The fourth-order valence-corrected chi connectivity index (χ4v) is 3.31. The number of nitrogens with two attached hydrogens (primary N) is 1. The second-order valence-electron chi connectivity index (χ2n) is 7.72. The summed E-state index contributed by atoms with van der Waals surface area (Å²) in [6, 6.07) is 0.655. The normalized spacial score (nSPS) is 11.8. The summed E-state index contributed by atoms with van der Waals surface area (Å²) < 4.78 is 0. The van der Waals surface area contributed by atoms with E-state index in [0.717, 1.165) is 0 Å². The van der Waals surface area contributed by atoms with Crippen molar-refractivity contribution in [2.45, 2.75) is 124 Å². The van der Waals surface area contributed by atoms with Crippen LogP contribution in [0.15, 0.2) is 11.6 Å². The monoisotopic (exact) mass is 359 g/mol. The summed E-state index contributed by atoms with van der Waals surface area (Å²) >= 11 is 0. The number of rotatable bonds is 17. The van der Waals surface area contributed by atoms with Crippen molar-refractivity contribution in [1.82, 2.24) is 0 Å². The fourth-order valence-electron chi connectivity index (χ4n) is 3.31. The van der Waals surface area contributed by atoms with Crippen LogP contribution in [0.2, 0.25) is 0 Å². The Morgan fingerprint density at radius 2 is 1.08 bits per heavy atom. The zero-order valence-electron chi connectivity index (χ0n) is 17.2. The van der Waals surface area contributed by atoms with Crippen LogP contribution in [-0.2, 0) is 0 Å². The van der Waals surface area contributed by atoms with Crippen LogP contribution in [0.25, 0.3) is 0 Å². The summed E-state index contributed by atoms with van der Waals surface area (Å²) in [6.07, 6.45) is 22.7. The number of quaternary nitrogens is 1. The van der Waals surface area contributed by atoms with Crippen LogP contribution >= 0.6 is 0 Å². The molecular formula is C22H46ClN. The summed E-state index contributed by atoms with van der Waals surface area (Å²) in [5.74, 6) is 0. The molecule has 0 aliphatic heterocycles. The number of hydrogen-bond donors (Lipinski definition) is 1. The Morgan fingerprint density at radius 1 is 0.708 bits per heavy atom. The van der Waals surface area contributed by atoms with Gasteiger partial charge >= 0.3 is 0 Å². The van der Waals surface area contributed by atoms with Gasteiger partial charge in [0.2, 0.25) is 0 Å². The minimum Gasteiger partial charge on any atom is -1.00 e. The standard InChI is InChI=1S/C22H45N.ClH/c1-5-6-7-8-9-10-11-12-13-14-15-16-17-18-19-23-22(4)20-21(2)3;/h20,22-23H,5-19H2,1-4H3;1H. The summed E-state index contributed by atoms with van der Waals surface area (Å²) in [5.41, 5.74) is 1.44. The van der Waals surface area contributed by atoms with E-state index in [1.54, 1.807) is 0 Å². The first-order valence-corrected chi connectivity index (χ1v) is 10.6. The Bertz CT molecular complexity index is 259. The minimum atomic E-state index is 0. The molecule has 0 saturated heterocycles. The average Bonchev–Trinajstić information content (AvgIpc) is 2.50. The maximum Gasteiger partial charge on any atom is 0.102 e. The largest absolute Gasteiger partial charge is 1.00 e. The predicted molar refractivity (Wildman–Crippen MR) is 106 cm³/mol. The van der Waals surface area contributed by atoms with Gasteiger partial charge < -0.3 is 17.7 Å². The molecule has 0 aliphatic carbocycles. The molecule has 1 atom stereocenters. The van der Waals surface area contributed by atoms with Gasteiger partial charge in [-0.25, -0.2) is 0 Å². The summed E-state index contributed by atoms with van der Waals surface area (Å²) in [4.78, 5) is 0. The van der Waals surface area contributed by atoms with Crippen LogP contribution in [0.4, 0.5) is 0 Å². The van der Waals surface area contributed by atoms with Gasteiger partial charge in [-0.1, -0.05) is 89.5 Å². The second-order valence-corrected chi connectivity index (χ2v) is 7.72. The highest BCUT2D eigenvalue weighted by atomic mass is 35.5. The highest BCUT2D eigenvalue weighted by Crippen LogP contribution is 2.12. The molecule has 0 rings (SSSR count). The highest BCUT2D eigenvalue weighted by molar-refractivity contribution is 4.95. The quantitative estimate of drug-likeness (QED) is 0.303. The van der Waals surface area contributed by atoms with Crippen LogP contribution in [0.3, 0.4) is 0 Å². The third-order valence-electron chi connectivity index (χ3n) is 4.69. The molecule has 0 aromatic rings. The Balaban J connectivity index is 0. The van der Waals surface area contributed by atoms with E-state index in [9.17, 15) is 0 Å². The zero-order valence-corrected chi connectivity index (χ0v) is 18.0. The second kappa shape index (κ2) is 21.0. The topological polar surface area (TPSA) is 16.6 Å². The zero-order chi connectivity index (χ0) is 17.2. The van der Waals surface area contributed by atoms with Crippen LogP contribution in [-0.4, -0.2) is 12.6 Å². The van der Waals surface area contributed by atoms with Gasteiger partial charge in [0, 0.05) is 0 Å². The Hall–Kier alpha value is -0.0100. The van der Waals surface area contributed by atoms with Crippen molar-refractivity contribution in [2.75, 3.05) is 6.54 Å². The summed E-state index contributed by atoms with van der Waals surface area (Å²) in [6.45, 7) is 10.3. The Kier molecular flexibility index (Phi) is 23.0. The third kappa shape index (κ3) is 22.0. The molecule has 0 amide bonds. The summed E-state index contributed by atoms with van der Waals surface area (Å²) in [7, 11) is 0.